The minimum absolute atomic E-state index is 0.378. The number of nitrogens with one attached hydrogen (secondary N) is 1. The Labute approximate surface area is 120 Å². The van der Waals surface area contributed by atoms with Crippen molar-refractivity contribution in [3.8, 4) is 11.8 Å². The highest BCUT2D eigenvalue weighted by Gasteiger charge is 2.19. The van der Waals surface area contributed by atoms with Crippen LogP contribution in [0, 0.1) is 17.8 Å². The van der Waals surface area contributed by atoms with E-state index in [0.29, 0.717) is 13.0 Å². The molecular weight excluding hydrogens is 260 g/mol. The lowest BCUT2D eigenvalue weighted by molar-refractivity contribution is -0.154. The summed E-state index contributed by atoms with van der Waals surface area (Å²) in [6.07, 6.45) is -0.417. The van der Waals surface area contributed by atoms with Crippen LogP contribution >= 0.6 is 0 Å². The summed E-state index contributed by atoms with van der Waals surface area (Å²) in [6, 6.07) is 0. The smallest absolute Gasteiger partial charge is 0.441 e. The van der Waals surface area contributed by atoms with Gasteiger partial charge in [0.05, 0.1) is 12.5 Å². The molecule has 0 heterocycles. The second-order valence-corrected chi connectivity index (χ2v) is 5.72. The molecule has 20 heavy (non-hydrogen) atoms. The van der Waals surface area contributed by atoms with Crippen molar-refractivity contribution in [2.24, 2.45) is 5.92 Å². The standard InChI is InChI=1S/C14H24N2O4/c1-11(9-7-8-10-16(5)6)12(17)20-15-13(18)19-14(2,3)4/h11H,9-10H2,1-6H3,(H,15,18). The van der Waals surface area contributed by atoms with Gasteiger partial charge in [0.15, 0.2) is 0 Å². The molecule has 0 aliphatic heterocycles. The second kappa shape index (κ2) is 8.43. The van der Waals surface area contributed by atoms with Crippen LogP contribution in [0.25, 0.3) is 0 Å². The molecule has 0 fully saturated rings. The fourth-order valence-corrected chi connectivity index (χ4v) is 1.01. The largest absolute Gasteiger partial charge is 0.442 e. The Morgan fingerprint density at radius 3 is 2.35 bits per heavy atom. The van der Waals surface area contributed by atoms with Gasteiger partial charge in [0, 0.05) is 6.42 Å². The Hall–Kier alpha value is -1.74. The first-order valence-corrected chi connectivity index (χ1v) is 6.42. The molecular formula is C14H24N2O4. The molecule has 0 rings (SSSR count). The molecule has 0 aromatic carbocycles. The first-order chi connectivity index (χ1) is 9.11. The van der Waals surface area contributed by atoms with Gasteiger partial charge in [-0.2, -0.15) is 0 Å². The first-order valence-electron chi connectivity index (χ1n) is 6.42. The van der Waals surface area contributed by atoms with E-state index >= 15 is 0 Å². The zero-order valence-corrected chi connectivity index (χ0v) is 13.1. The molecule has 0 aromatic rings. The van der Waals surface area contributed by atoms with Crippen LogP contribution in [0.3, 0.4) is 0 Å². The van der Waals surface area contributed by atoms with Crippen molar-refractivity contribution in [2.75, 3.05) is 20.6 Å². The van der Waals surface area contributed by atoms with Gasteiger partial charge in [-0.05, 0) is 34.9 Å². The number of ether oxygens (including phenoxy) is 1. The van der Waals surface area contributed by atoms with Gasteiger partial charge in [0.2, 0.25) is 0 Å². The number of rotatable bonds is 3. The van der Waals surface area contributed by atoms with E-state index in [1.165, 1.54) is 0 Å². The summed E-state index contributed by atoms with van der Waals surface area (Å²) in [5.74, 6) is 4.85. The molecule has 0 aliphatic rings. The summed E-state index contributed by atoms with van der Waals surface area (Å²) >= 11 is 0. The van der Waals surface area contributed by atoms with Crippen LogP contribution in [0.1, 0.15) is 34.1 Å². The first kappa shape index (κ1) is 18.3. The zero-order chi connectivity index (χ0) is 15.8. The summed E-state index contributed by atoms with van der Waals surface area (Å²) in [4.78, 5) is 29.4. The fraction of sp³-hybridized carbons (Fsp3) is 0.714. The van der Waals surface area contributed by atoms with Crippen molar-refractivity contribution in [3.05, 3.63) is 0 Å². The number of amides is 1. The summed E-state index contributed by atoms with van der Waals surface area (Å²) in [5.41, 5.74) is 1.32. The quantitative estimate of drug-likeness (QED) is 0.629. The Balaban J connectivity index is 4.02. The van der Waals surface area contributed by atoms with Crippen molar-refractivity contribution < 1.29 is 19.2 Å². The third-order valence-electron chi connectivity index (χ3n) is 1.96. The molecule has 6 heteroatoms. The van der Waals surface area contributed by atoms with Gasteiger partial charge in [0.1, 0.15) is 5.60 Å². The van der Waals surface area contributed by atoms with Crippen molar-refractivity contribution in [3.63, 3.8) is 0 Å². The molecule has 6 nitrogen and oxygen atoms in total. The summed E-state index contributed by atoms with van der Waals surface area (Å²) in [6.45, 7) is 7.48. The highest BCUT2D eigenvalue weighted by atomic mass is 16.7. The van der Waals surface area contributed by atoms with E-state index < -0.39 is 23.6 Å². The van der Waals surface area contributed by atoms with Crippen LogP contribution in [0.15, 0.2) is 0 Å². The van der Waals surface area contributed by atoms with E-state index in [1.807, 2.05) is 24.5 Å². The molecule has 0 aliphatic carbocycles. The van der Waals surface area contributed by atoms with Gasteiger partial charge in [-0.3, -0.25) is 4.90 Å². The molecule has 1 unspecified atom stereocenters. The molecule has 0 saturated carbocycles. The van der Waals surface area contributed by atoms with E-state index in [4.69, 9.17) is 4.74 Å². The average Bonchev–Trinajstić information content (AvgIpc) is 2.28. The predicted octanol–water partition coefficient (Wildman–Crippen LogP) is 1.56. The number of carbonyl (C=O) groups excluding carboxylic acids is 2. The summed E-state index contributed by atoms with van der Waals surface area (Å²) in [5, 5.41) is 0. The normalized spacial score (nSPS) is 12.2. The number of nitrogens with zero attached hydrogens (tertiary/aromatic N) is 1. The van der Waals surface area contributed by atoms with Gasteiger partial charge in [-0.15, -0.1) is 11.4 Å². The van der Waals surface area contributed by atoms with Gasteiger partial charge in [-0.1, -0.05) is 12.8 Å². The maximum Gasteiger partial charge on any atom is 0.441 e. The van der Waals surface area contributed by atoms with Crippen LogP contribution in [-0.2, 0) is 14.4 Å². The lowest BCUT2D eigenvalue weighted by Crippen LogP contribution is -2.35. The van der Waals surface area contributed by atoms with Crippen molar-refractivity contribution in [1.29, 1.82) is 0 Å². The molecule has 0 saturated heterocycles. The van der Waals surface area contributed by atoms with Gasteiger partial charge in [0.25, 0.3) is 0 Å². The molecule has 0 radical (unpaired) electrons. The Kier molecular flexibility index (Phi) is 7.70. The van der Waals surface area contributed by atoms with Crippen LogP contribution in [0.4, 0.5) is 4.79 Å². The van der Waals surface area contributed by atoms with Crippen molar-refractivity contribution >= 4 is 12.1 Å². The van der Waals surface area contributed by atoms with E-state index in [9.17, 15) is 9.59 Å². The van der Waals surface area contributed by atoms with E-state index in [2.05, 4.69) is 16.7 Å². The Bertz CT molecular complexity index is 388. The number of carbonyl (C=O) groups is 2. The van der Waals surface area contributed by atoms with E-state index in [-0.39, 0.29) is 0 Å². The lowest BCUT2D eigenvalue weighted by Gasteiger charge is -2.19. The number of hydrogen-bond acceptors (Lipinski definition) is 5. The third kappa shape index (κ3) is 10.2. The van der Waals surface area contributed by atoms with Gasteiger partial charge in [-0.25, -0.2) is 9.59 Å². The Morgan fingerprint density at radius 1 is 1.25 bits per heavy atom. The topological polar surface area (TPSA) is 67.9 Å². The maximum absolute atomic E-state index is 11.6. The highest BCUT2D eigenvalue weighted by Crippen LogP contribution is 2.07. The molecule has 114 valence electrons. The third-order valence-corrected chi connectivity index (χ3v) is 1.96. The van der Waals surface area contributed by atoms with Gasteiger partial charge >= 0.3 is 12.1 Å². The lowest BCUT2D eigenvalue weighted by atomic mass is 10.1. The monoisotopic (exact) mass is 284 g/mol. The van der Waals surface area contributed by atoms with Crippen molar-refractivity contribution in [1.82, 2.24) is 10.4 Å². The number of hydroxylamine groups is 1. The summed E-state index contributed by atoms with van der Waals surface area (Å²) in [7, 11) is 3.83. The van der Waals surface area contributed by atoms with Crippen molar-refractivity contribution in [2.45, 2.75) is 39.7 Å². The molecule has 0 bridgehead atoms. The molecule has 1 amide bonds. The fourth-order valence-electron chi connectivity index (χ4n) is 1.01. The molecule has 0 aromatic heterocycles. The minimum atomic E-state index is -0.795. The number of hydrogen-bond donors (Lipinski definition) is 1. The SMILES string of the molecule is CC(CC#CCN(C)C)C(=O)ONC(=O)OC(C)(C)C. The van der Waals surface area contributed by atoms with Gasteiger partial charge < -0.3 is 9.57 Å². The molecule has 1 atom stereocenters. The second-order valence-electron chi connectivity index (χ2n) is 5.72. The van der Waals surface area contributed by atoms with Crippen LogP contribution in [0.5, 0.6) is 0 Å². The maximum atomic E-state index is 11.6. The minimum Gasteiger partial charge on any atom is -0.442 e. The van der Waals surface area contributed by atoms with E-state index in [1.54, 1.807) is 27.7 Å². The predicted molar refractivity (Wildman–Crippen MR) is 75.6 cm³/mol. The summed E-state index contributed by atoms with van der Waals surface area (Å²) < 4.78 is 4.93. The van der Waals surface area contributed by atoms with E-state index in [0.717, 1.165) is 0 Å². The molecule has 1 N–H and O–H groups in total. The van der Waals surface area contributed by atoms with Crippen LogP contribution in [0.2, 0.25) is 0 Å². The van der Waals surface area contributed by atoms with Crippen LogP contribution < -0.4 is 5.48 Å². The Morgan fingerprint density at radius 2 is 1.85 bits per heavy atom. The van der Waals surface area contributed by atoms with Crippen LogP contribution in [-0.4, -0.2) is 43.2 Å². The highest BCUT2D eigenvalue weighted by molar-refractivity contribution is 5.75. The zero-order valence-electron chi connectivity index (χ0n) is 13.1. The molecule has 0 spiro atoms. The average molecular weight is 284 g/mol.